The summed E-state index contributed by atoms with van der Waals surface area (Å²) in [6.07, 6.45) is -0.621. The van der Waals surface area contributed by atoms with Crippen molar-refractivity contribution in [3.8, 4) is 0 Å². The third-order valence-electron chi connectivity index (χ3n) is 1.96. The number of benzene rings is 1. The summed E-state index contributed by atoms with van der Waals surface area (Å²) < 4.78 is 5.36. The Balaban J connectivity index is 3.06. The first-order chi connectivity index (χ1) is 7.60. The molecule has 0 saturated carbocycles. The Bertz CT molecular complexity index is 396. The van der Waals surface area contributed by atoms with E-state index in [9.17, 15) is 0 Å². The minimum absolute atomic E-state index is 0.0276. The fourth-order valence-corrected chi connectivity index (χ4v) is 1.55. The fourth-order valence-electron chi connectivity index (χ4n) is 1.25. The molecule has 88 valence electrons. The molecule has 0 aliphatic rings. The van der Waals surface area contributed by atoms with E-state index >= 15 is 0 Å². The summed E-state index contributed by atoms with van der Waals surface area (Å²) in [4.78, 5) is 0. The Kier molecular flexibility index (Phi) is 4.86. The van der Waals surface area contributed by atoms with Crippen LogP contribution in [-0.2, 0) is 4.74 Å². The van der Waals surface area contributed by atoms with Gasteiger partial charge in [-0.15, -0.1) is 0 Å². The van der Waals surface area contributed by atoms with Crippen LogP contribution in [-0.4, -0.2) is 17.6 Å². The largest absolute Gasteiger partial charge is 0.409 e. The van der Waals surface area contributed by atoms with Crippen LogP contribution in [0.25, 0.3) is 0 Å². The predicted octanol–water partition coefficient (Wildman–Crippen LogP) is 2.82. The van der Waals surface area contributed by atoms with Crippen molar-refractivity contribution in [3.05, 3.63) is 33.8 Å². The lowest BCUT2D eigenvalue weighted by Gasteiger charge is -2.16. The molecule has 16 heavy (non-hydrogen) atoms. The van der Waals surface area contributed by atoms with Gasteiger partial charge in [-0.2, -0.15) is 0 Å². The summed E-state index contributed by atoms with van der Waals surface area (Å²) in [5.74, 6) is -0.0276. The van der Waals surface area contributed by atoms with Crippen LogP contribution < -0.4 is 5.73 Å². The zero-order valence-corrected chi connectivity index (χ0v) is 10.2. The number of hydrogen-bond acceptors (Lipinski definition) is 3. The van der Waals surface area contributed by atoms with Crippen LogP contribution in [0.4, 0.5) is 0 Å². The second-order valence-corrected chi connectivity index (χ2v) is 3.85. The molecule has 6 heteroatoms. The molecule has 1 aromatic carbocycles. The smallest absolute Gasteiger partial charge is 0.173 e. The van der Waals surface area contributed by atoms with Gasteiger partial charge in [0.05, 0.1) is 10.0 Å². The van der Waals surface area contributed by atoms with Gasteiger partial charge in [-0.1, -0.05) is 34.4 Å². The molecular weight excluding hydrogens is 251 g/mol. The van der Waals surface area contributed by atoms with Crippen molar-refractivity contribution in [2.45, 2.75) is 13.0 Å². The zero-order valence-electron chi connectivity index (χ0n) is 8.65. The van der Waals surface area contributed by atoms with Crippen LogP contribution in [0, 0.1) is 0 Å². The second kappa shape index (κ2) is 5.94. The lowest BCUT2D eigenvalue weighted by Crippen LogP contribution is -2.24. The van der Waals surface area contributed by atoms with Crippen molar-refractivity contribution >= 4 is 29.0 Å². The Hall–Kier alpha value is -0.970. The average Bonchev–Trinajstić information content (AvgIpc) is 2.29. The molecule has 0 bridgehead atoms. The number of hydrogen-bond donors (Lipinski definition) is 2. The standard InChI is InChI=1S/C10H12Cl2N2O2/c1-2-16-9(10(13)14-15)6-3-4-7(11)8(12)5-6/h3-5,9,15H,2H2,1H3,(H2,13,14). The van der Waals surface area contributed by atoms with E-state index in [-0.39, 0.29) is 5.84 Å². The van der Waals surface area contributed by atoms with Gasteiger partial charge < -0.3 is 15.7 Å². The Morgan fingerprint density at radius 1 is 1.50 bits per heavy atom. The summed E-state index contributed by atoms with van der Waals surface area (Å²) in [6.45, 7) is 2.25. The minimum atomic E-state index is -0.621. The highest BCUT2D eigenvalue weighted by Gasteiger charge is 2.17. The van der Waals surface area contributed by atoms with Crippen LogP contribution in [0.1, 0.15) is 18.6 Å². The molecule has 0 radical (unpaired) electrons. The molecule has 4 nitrogen and oxygen atoms in total. The molecule has 0 heterocycles. The Labute approximate surface area is 104 Å². The quantitative estimate of drug-likeness (QED) is 0.380. The Morgan fingerprint density at radius 2 is 2.19 bits per heavy atom. The number of nitrogens with two attached hydrogens (primary N) is 1. The molecule has 1 unspecified atom stereocenters. The molecule has 0 aromatic heterocycles. The lowest BCUT2D eigenvalue weighted by atomic mass is 10.1. The summed E-state index contributed by atoms with van der Waals surface area (Å²) >= 11 is 11.7. The minimum Gasteiger partial charge on any atom is -0.409 e. The molecule has 0 aliphatic carbocycles. The monoisotopic (exact) mass is 262 g/mol. The van der Waals surface area contributed by atoms with Gasteiger partial charge in [-0.25, -0.2) is 0 Å². The van der Waals surface area contributed by atoms with Crippen molar-refractivity contribution in [1.29, 1.82) is 0 Å². The molecule has 0 fully saturated rings. The maximum atomic E-state index is 8.64. The van der Waals surface area contributed by atoms with E-state index in [4.69, 9.17) is 38.9 Å². The zero-order chi connectivity index (χ0) is 12.1. The van der Waals surface area contributed by atoms with Crippen LogP contribution in [0.5, 0.6) is 0 Å². The number of amidine groups is 1. The number of nitrogens with zero attached hydrogens (tertiary/aromatic N) is 1. The van der Waals surface area contributed by atoms with Crippen molar-refractivity contribution in [2.24, 2.45) is 10.9 Å². The number of ether oxygens (including phenoxy) is 1. The van der Waals surface area contributed by atoms with Gasteiger partial charge in [0.2, 0.25) is 0 Å². The first kappa shape index (κ1) is 13.1. The second-order valence-electron chi connectivity index (χ2n) is 3.03. The molecule has 1 rings (SSSR count). The van der Waals surface area contributed by atoms with Crippen LogP contribution in [0.15, 0.2) is 23.4 Å². The molecule has 3 N–H and O–H groups in total. The van der Waals surface area contributed by atoms with Gasteiger partial charge >= 0.3 is 0 Å². The summed E-state index contributed by atoms with van der Waals surface area (Å²) in [7, 11) is 0. The van der Waals surface area contributed by atoms with Crippen molar-refractivity contribution in [2.75, 3.05) is 6.61 Å². The van der Waals surface area contributed by atoms with Crippen molar-refractivity contribution < 1.29 is 9.94 Å². The van der Waals surface area contributed by atoms with E-state index in [0.717, 1.165) is 0 Å². The van der Waals surface area contributed by atoms with Crippen LogP contribution in [0.2, 0.25) is 10.0 Å². The summed E-state index contributed by atoms with van der Waals surface area (Å²) in [6, 6.07) is 4.98. The van der Waals surface area contributed by atoms with Crippen LogP contribution >= 0.6 is 23.2 Å². The van der Waals surface area contributed by atoms with E-state index in [0.29, 0.717) is 22.2 Å². The number of oxime groups is 1. The van der Waals surface area contributed by atoms with E-state index in [2.05, 4.69) is 5.16 Å². The van der Waals surface area contributed by atoms with Gasteiger partial charge in [0, 0.05) is 6.61 Å². The average molecular weight is 263 g/mol. The van der Waals surface area contributed by atoms with Gasteiger partial charge in [0.1, 0.15) is 6.10 Å². The third kappa shape index (κ3) is 3.01. The van der Waals surface area contributed by atoms with Crippen LogP contribution in [0.3, 0.4) is 0 Å². The molecule has 0 spiro atoms. The van der Waals surface area contributed by atoms with Crippen molar-refractivity contribution in [3.63, 3.8) is 0 Å². The maximum Gasteiger partial charge on any atom is 0.173 e. The molecule has 0 amide bonds. The highest BCUT2D eigenvalue weighted by atomic mass is 35.5. The van der Waals surface area contributed by atoms with Gasteiger partial charge in [0.25, 0.3) is 0 Å². The summed E-state index contributed by atoms with van der Waals surface area (Å²) in [5.41, 5.74) is 6.21. The van der Waals surface area contributed by atoms with E-state index in [1.807, 2.05) is 6.92 Å². The van der Waals surface area contributed by atoms with E-state index in [1.165, 1.54) is 0 Å². The van der Waals surface area contributed by atoms with E-state index in [1.54, 1.807) is 18.2 Å². The van der Waals surface area contributed by atoms with Gasteiger partial charge in [-0.05, 0) is 24.6 Å². The number of rotatable bonds is 4. The molecule has 0 saturated heterocycles. The fraction of sp³-hybridized carbons (Fsp3) is 0.300. The topological polar surface area (TPSA) is 67.8 Å². The lowest BCUT2D eigenvalue weighted by molar-refractivity contribution is 0.106. The maximum absolute atomic E-state index is 8.64. The van der Waals surface area contributed by atoms with E-state index < -0.39 is 6.10 Å². The summed E-state index contributed by atoms with van der Waals surface area (Å²) in [5, 5.41) is 12.4. The normalized spacial score (nSPS) is 13.8. The van der Waals surface area contributed by atoms with Crippen molar-refractivity contribution in [1.82, 2.24) is 0 Å². The molecular formula is C10H12Cl2N2O2. The number of halogens is 2. The molecule has 0 aliphatic heterocycles. The Morgan fingerprint density at radius 3 is 2.69 bits per heavy atom. The first-order valence-electron chi connectivity index (χ1n) is 4.64. The van der Waals surface area contributed by atoms with Gasteiger partial charge in [-0.3, -0.25) is 0 Å². The van der Waals surface area contributed by atoms with Gasteiger partial charge in [0.15, 0.2) is 5.84 Å². The molecule has 1 atom stereocenters. The highest BCUT2D eigenvalue weighted by molar-refractivity contribution is 6.42. The first-order valence-corrected chi connectivity index (χ1v) is 5.39. The SMILES string of the molecule is CCOC(C(N)=NO)c1ccc(Cl)c(Cl)c1. The molecule has 1 aromatic rings. The third-order valence-corrected chi connectivity index (χ3v) is 2.70. The highest BCUT2D eigenvalue weighted by Crippen LogP contribution is 2.27. The predicted molar refractivity (Wildman–Crippen MR) is 64.2 cm³/mol.